The van der Waals surface area contributed by atoms with Gasteiger partial charge >= 0.3 is 5.97 Å². The highest BCUT2D eigenvalue weighted by atomic mass is 16.6. The zero-order chi connectivity index (χ0) is 21.3. The van der Waals surface area contributed by atoms with Gasteiger partial charge in [0.05, 0.1) is 25.5 Å². The highest BCUT2D eigenvalue weighted by Crippen LogP contribution is 2.26. The van der Waals surface area contributed by atoms with Gasteiger partial charge < -0.3 is 14.2 Å². The average molecular weight is 406 g/mol. The molecule has 0 heterocycles. The predicted octanol–water partition coefficient (Wildman–Crippen LogP) is 3.55. The fraction of sp³-hybridized carbons (Fsp3) is 0.174. The maximum absolute atomic E-state index is 12.6. The van der Waals surface area contributed by atoms with E-state index >= 15 is 0 Å². The number of para-hydroxylation sites is 1. The first-order valence-electron chi connectivity index (χ1n) is 9.40. The molecule has 154 valence electrons. The summed E-state index contributed by atoms with van der Waals surface area (Å²) in [7, 11) is 1.52. The average Bonchev–Trinajstić information content (AvgIpc) is 2.77. The number of hydrazone groups is 1. The van der Waals surface area contributed by atoms with Crippen molar-refractivity contribution in [3.63, 3.8) is 0 Å². The predicted molar refractivity (Wildman–Crippen MR) is 114 cm³/mol. The number of methoxy groups -OCH3 is 1. The van der Waals surface area contributed by atoms with Crippen LogP contribution in [-0.4, -0.2) is 38.4 Å². The van der Waals surface area contributed by atoms with Crippen molar-refractivity contribution in [1.82, 2.24) is 5.43 Å². The van der Waals surface area contributed by atoms with Gasteiger partial charge in [-0.15, -0.1) is 0 Å². The second-order valence-electron chi connectivity index (χ2n) is 6.23. The van der Waals surface area contributed by atoms with E-state index in [4.69, 9.17) is 14.2 Å². The van der Waals surface area contributed by atoms with Gasteiger partial charge in [0.2, 0.25) is 0 Å². The lowest BCUT2D eigenvalue weighted by molar-refractivity contribution is -0.145. The Morgan fingerprint density at radius 1 is 1.00 bits per heavy atom. The third kappa shape index (κ3) is 5.14. The van der Waals surface area contributed by atoms with Gasteiger partial charge in [0, 0.05) is 5.56 Å². The van der Waals surface area contributed by atoms with Gasteiger partial charge in [-0.05, 0) is 42.0 Å². The van der Waals surface area contributed by atoms with Crippen LogP contribution in [0.2, 0.25) is 0 Å². The zero-order valence-electron chi connectivity index (χ0n) is 16.8. The summed E-state index contributed by atoms with van der Waals surface area (Å²) in [4.78, 5) is 24.1. The maximum atomic E-state index is 12.6. The number of amides is 1. The molecule has 0 radical (unpaired) electrons. The number of ether oxygens (including phenoxy) is 3. The SMILES string of the molecule is CCOC(=O)COc1ccccc1C=NNC(=O)c1cc2ccccc2cc1OC. The van der Waals surface area contributed by atoms with Gasteiger partial charge in [-0.25, -0.2) is 10.2 Å². The molecule has 1 N–H and O–H groups in total. The molecule has 7 nitrogen and oxygen atoms in total. The Morgan fingerprint density at radius 3 is 2.43 bits per heavy atom. The van der Waals surface area contributed by atoms with Crippen LogP contribution in [0.3, 0.4) is 0 Å². The van der Waals surface area contributed by atoms with E-state index in [0.717, 1.165) is 10.8 Å². The maximum Gasteiger partial charge on any atom is 0.344 e. The van der Waals surface area contributed by atoms with Crippen molar-refractivity contribution in [1.29, 1.82) is 0 Å². The lowest BCUT2D eigenvalue weighted by Gasteiger charge is -2.10. The number of hydrogen-bond acceptors (Lipinski definition) is 6. The fourth-order valence-corrected chi connectivity index (χ4v) is 2.84. The van der Waals surface area contributed by atoms with Crippen LogP contribution in [0.15, 0.2) is 65.8 Å². The van der Waals surface area contributed by atoms with Crippen molar-refractivity contribution in [3.05, 3.63) is 71.8 Å². The molecule has 0 aliphatic carbocycles. The van der Waals surface area contributed by atoms with Crippen LogP contribution in [0.4, 0.5) is 0 Å². The fourth-order valence-electron chi connectivity index (χ4n) is 2.84. The van der Waals surface area contributed by atoms with Crippen LogP contribution in [0.1, 0.15) is 22.8 Å². The minimum atomic E-state index is -0.457. The number of rotatable bonds is 8. The summed E-state index contributed by atoms with van der Waals surface area (Å²) in [6.07, 6.45) is 1.45. The first-order valence-corrected chi connectivity index (χ1v) is 9.40. The first-order chi connectivity index (χ1) is 14.6. The lowest BCUT2D eigenvalue weighted by atomic mass is 10.1. The number of hydrogen-bond donors (Lipinski definition) is 1. The summed E-state index contributed by atoms with van der Waals surface area (Å²) in [5, 5.41) is 5.92. The summed E-state index contributed by atoms with van der Waals surface area (Å²) in [5.41, 5.74) is 3.48. The highest BCUT2D eigenvalue weighted by Gasteiger charge is 2.13. The number of benzene rings is 3. The van der Waals surface area contributed by atoms with Crippen LogP contribution >= 0.6 is 0 Å². The van der Waals surface area contributed by atoms with Crippen LogP contribution < -0.4 is 14.9 Å². The molecule has 1 amide bonds. The Balaban J connectivity index is 1.72. The lowest BCUT2D eigenvalue weighted by Crippen LogP contribution is -2.19. The van der Waals surface area contributed by atoms with E-state index in [2.05, 4.69) is 10.5 Å². The molecule has 0 atom stereocenters. The smallest absolute Gasteiger partial charge is 0.344 e. The molecule has 0 saturated heterocycles. The van der Waals surface area contributed by atoms with Crippen molar-refractivity contribution in [3.8, 4) is 11.5 Å². The normalized spacial score (nSPS) is 10.7. The molecule has 0 fully saturated rings. The zero-order valence-corrected chi connectivity index (χ0v) is 16.8. The second kappa shape index (κ2) is 10.1. The summed E-state index contributed by atoms with van der Waals surface area (Å²) in [6.45, 7) is 1.81. The highest BCUT2D eigenvalue weighted by molar-refractivity contribution is 6.02. The van der Waals surface area contributed by atoms with Crippen molar-refractivity contribution >= 4 is 28.9 Å². The van der Waals surface area contributed by atoms with Crippen LogP contribution in [0, 0.1) is 0 Å². The summed E-state index contributed by atoms with van der Waals surface area (Å²) in [5.74, 6) is 0.0473. The van der Waals surface area contributed by atoms with Gasteiger partial charge in [0.1, 0.15) is 11.5 Å². The third-order valence-electron chi connectivity index (χ3n) is 4.25. The number of carbonyl (C=O) groups is 2. The Morgan fingerprint density at radius 2 is 1.70 bits per heavy atom. The van der Waals surface area contributed by atoms with Gasteiger partial charge in [-0.1, -0.05) is 36.4 Å². The Bertz CT molecular complexity index is 1080. The topological polar surface area (TPSA) is 86.2 Å². The summed E-state index contributed by atoms with van der Waals surface area (Å²) >= 11 is 0. The molecule has 0 saturated carbocycles. The van der Waals surface area contributed by atoms with Crippen molar-refractivity contribution in [2.24, 2.45) is 5.10 Å². The van der Waals surface area contributed by atoms with E-state index in [9.17, 15) is 9.59 Å². The van der Waals surface area contributed by atoms with Gasteiger partial charge in [-0.2, -0.15) is 5.10 Å². The third-order valence-corrected chi connectivity index (χ3v) is 4.25. The van der Waals surface area contributed by atoms with Gasteiger partial charge in [0.25, 0.3) is 5.91 Å². The number of fused-ring (bicyclic) bond motifs is 1. The summed E-state index contributed by atoms with van der Waals surface area (Å²) < 4.78 is 15.7. The van der Waals surface area contributed by atoms with Crippen LogP contribution in [0.5, 0.6) is 11.5 Å². The molecule has 0 aliphatic rings. The van der Waals surface area contributed by atoms with Gasteiger partial charge in [0.15, 0.2) is 6.61 Å². The van der Waals surface area contributed by atoms with Crippen molar-refractivity contribution in [2.45, 2.75) is 6.92 Å². The number of esters is 1. The van der Waals surface area contributed by atoms with Crippen LogP contribution in [0.25, 0.3) is 10.8 Å². The largest absolute Gasteiger partial charge is 0.496 e. The Labute approximate surface area is 174 Å². The standard InChI is InChI=1S/C23H22N2O5/c1-3-29-22(26)15-30-20-11-7-6-10-18(20)14-24-25-23(27)19-12-16-8-4-5-9-17(16)13-21(19)28-2/h4-14H,3,15H2,1-2H3,(H,25,27). The van der Waals surface area contributed by atoms with E-state index in [-0.39, 0.29) is 13.2 Å². The van der Waals surface area contributed by atoms with Crippen molar-refractivity contribution < 1.29 is 23.8 Å². The number of nitrogens with zero attached hydrogens (tertiary/aromatic N) is 1. The molecule has 0 aliphatic heterocycles. The monoisotopic (exact) mass is 406 g/mol. The molecule has 3 rings (SSSR count). The quantitative estimate of drug-likeness (QED) is 0.351. The van der Waals surface area contributed by atoms with E-state index < -0.39 is 11.9 Å². The molecule has 3 aromatic rings. The number of carbonyl (C=O) groups excluding carboxylic acids is 2. The molecular formula is C23H22N2O5. The molecule has 0 unspecified atom stereocenters. The van der Waals surface area contributed by atoms with Crippen molar-refractivity contribution in [2.75, 3.05) is 20.3 Å². The molecule has 3 aromatic carbocycles. The van der Waals surface area contributed by atoms with Crippen LogP contribution in [-0.2, 0) is 9.53 Å². The molecular weight excluding hydrogens is 384 g/mol. The number of nitrogens with one attached hydrogen (secondary N) is 1. The van der Waals surface area contributed by atoms with E-state index in [1.165, 1.54) is 13.3 Å². The minimum absolute atomic E-state index is 0.209. The molecule has 0 spiro atoms. The Kier molecular flexibility index (Phi) is 7.00. The minimum Gasteiger partial charge on any atom is -0.496 e. The molecule has 30 heavy (non-hydrogen) atoms. The van der Waals surface area contributed by atoms with E-state index in [1.807, 2.05) is 30.3 Å². The molecule has 0 bridgehead atoms. The van der Waals surface area contributed by atoms with E-state index in [1.54, 1.807) is 37.3 Å². The van der Waals surface area contributed by atoms with Gasteiger partial charge in [-0.3, -0.25) is 4.79 Å². The summed E-state index contributed by atoms with van der Waals surface area (Å²) in [6, 6.07) is 18.3. The molecule has 0 aromatic heterocycles. The van der Waals surface area contributed by atoms with E-state index in [0.29, 0.717) is 22.6 Å². The second-order valence-corrected chi connectivity index (χ2v) is 6.23. The Hall–Kier alpha value is -3.87. The molecule has 7 heteroatoms. The first kappa shape index (κ1) is 20.9.